The molecule has 1 fully saturated rings. The lowest BCUT2D eigenvalue weighted by atomic mass is 10.2. The van der Waals surface area contributed by atoms with Crippen LogP contribution in [0.2, 0.25) is 5.28 Å². The van der Waals surface area contributed by atoms with Crippen LogP contribution in [0.5, 0.6) is 0 Å². The fraction of sp³-hybridized carbons (Fsp3) is 0.357. The molecule has 3 rings (SSSR count). The Morgan fingerprint density at radius 2 is 2.20 bits per heavy atom. The minimum Gasteiger partial charge on any atom is -0.377 e. The molecule has 1 aliphatic heterocycles. The van der Waals surface area contributed by atoms with Crippen LogP contribution in [0.25, 0.3) is 11.4 Å². The van der Waals surface area contributed by atoms with Crippen molar-refractivity contribution in [3.63, 3.8) is 0 Å². The van der Waals surface area contributed by atoms with Crippen molar-refractivity contribution in [2.24, 2.45) is 0 Å². The minimum atomic E-state index is 0.238. The molecule has 2 aromatic rings. The molecule has 3 heterocycles. The molecule has 0 saturated carbocycles. The summed E-state index contributed by atoms with van der Waals surface area (Å²) in [6.07, 6.45) is 1.74. The van der Waals surface area contributed by atoms with Gasteiger partial charge in [0.2, 0.25) is 5.28 Å². The van der Waals surface area contributed by atoms with E-state index in [-0.39, 0.29) is 11.3 Å². The first-order valence-electron chi connectivity index (χ1n) is 6.54. The van der Waals surface area contributed by atoms with Crippen molar-refractivity contribution in [1.82, 2.24) is 15.0 Å². The second-order valence-corrected chi connectivity index (χ2v) is 5.05. The summed E-state index contributed by atoms with van der Waals surface area (Å²) in [5.74, 6) is 0.821. The van der Waals surface area contributed by atoms with Crippen molar-refractivity contribution in [3.05, 3.63) is 35.7 Å². The summed E-state index contributed by atoms with van der Waals surface area (Å²) in [6, 6.07) is 7.90. The van der Waals surface area contributed by atoms with Crippen LogP contribution in [-0.2, 0) is 4.74 Å². The molecule has 5 nitrogen and oxygen atoms in total. The standard InChI is InChI=1S/C14H15ClN4O/c1-10-9-20-7-6-19(10)13-8-12(17-14(15)18-13)11-4-2-3-5-16-11/h2-5,8,10H,6-7,9H2,1H3. The monoisotopic (exact) mass is 290 g/mol. The van der Waals surface area contributed by atoms with Crippen LogP contribution in [0.15, 0.2) is 30.5 Å². The Morgan fingerprint density at radius 1 is 1.30 bits per heavy atom. The quantitative estimate of drug-likeness (QED) is 0.795. The Morgan fingerprint density at radius 3 is 2.95 bits per heavy atom. The molecule has 0 aliphatic carbocycles. The second kappa shape index (κ2) is 5.73. The fourth-order valence-electron chi connectivity index (χ4n) is 2.27. The number of aromatic nitrogens is 3. The van der Waals surface area contributed by atoms with E-state index < -0.39 is 0 Å². The highest BCUT2D eigenvalue weighted by Crippen LogP contribution is 2.24. The number of morpholine rings is 1. The van der Waals surface area contributed by atoms with Gasteiger partial charge in [0.25, 0.3) is 0 Å². The zero-order valence-electron chi connectivity index (χ0n) is 11.2. The van der Waals surface area contributed by atoms with Crippen LogP contribution in [0.1, 0.15) is 6.92 Å². The van der Waals surface area contributed by atoms with Gasteiger partial charge in [-0.15, -0.1) is 0 Å². The van der Waals surface area contributed by atoms with Crippen molar-refractivity contribution in [1.29, 1.82) is 0 Å². The van der Waals surface area contributed by atoms with Crippen LogP contribution in [-0.4, -0.2) is 40.8 Å². The molecule has 6 heteroatoms. The van der Waals surface area contributed by atoms with Gasteiger partial charge in [-0.1, -0.05) is 6.07 Å². The Labute approximate surface area is 122 Å². The van der Waals surface area contributed by atoms with Gasteiger partial charge >= 0.3 is 0 Å². The van der Waals surface area contributed by atoms with Gasteiger partial charge in [0.15, 0.2) is 0 Å². The van der Waals surface area contributed by atoms with Gasteiger partial charge in [0.05, 0.1) is 30.6 Å². The summed E-state index contributed by atoms with van der Waals surface area (Å²) in [7, 11) is 0. The Bertz CT molecular complexity index is 593. The highest BCUT2D eigenvalue weighted by atomic mass is 35.5. The maximum atomic E-state index is 6.06. The lowest BCUT2D eigenvalue weighted by molar-refractivity contribution is 0.0985. The van der Waals surface area contributed by atoms with E-state index in [1.807, 2.05) is 24.3 Å². The van der Waals surface area contributed by atoms with E-state index in [0.717, 1.165) is 23.8 Å². The molecule has 20 heavy (non-hydrogen) atoms. The molecule has 1 aliphatic rings. The molecule has 0 aromatic carbocycles. The smallest absolute Gasteiger partial charge is 0.224 e. The molecule has 1 saturated heterocycles. The molecule has 0 radical (unpaired) electrons. The molecular weight excluding hydrogens is 276 g/mol. The van der Waals surface area contributed by atoms with E-state index in [9.17, 15) is 0 Å². The van der Waals surface area contributed by atoms with Gasteiger partial charge in [-0.3, -0.25) is 4.98 Å². The van der Waals surface area contributed by atoms with Gasteiger partial charge in [-0.2, -0.15) is 0 Å². The van der Waals surface area contributed by atoms with Crippen LogP contribution in [0, 0.1) is 0 Å². The zero-order chi connectivity index (χ0) is 13.9. The van der Waals surface area contributed by atoms with Gasteiger partial charge in [-0.25, -0.2) is 9.97 Å². The number of hydrogen-bond donors (Lipinski definition) is 0. The summed E-state index contributed by atoms with van der Waals surface area (Å²) < 4.78 is 5.45. The fourth-order valence-corrected chi connectivity index (χ4v) is 2.44. The first-order chi connectivity index (χ1) is 9.74. The van der Waals surface area contributed by atoms with E-state index in [2.05, 4.69) is 26.8 Å². The zero-order valence-corrected chi connectivity index (χ0v) is 11.9. The number of pyridine rings is 1. The molecule has 2 aromatic heterocycles. The average Bonchev–Trinajstić information content (AvgIpc) is 2.48. The number of ether oxygens (including phenoxy) is 1. The topological polar surface area (TPSA) is 51.1 Å². The number of hydrogen-bond acceptors (Lipinski definition) is 5. The largest absolute Gasteiger partial charge is 0.377 e. The van der Waals surface area contributed by atoms with Crippen LogP contribution in [0.3, 0.4) is 0 Å². The van der Waals surface area contributed by atoms with Crippen LogP contribution >= 0.6 is 11.6 Å². The van der Waals surface area contributed by atoms with E-state index in [1.54, 1.807) is 6.20 Å². The predicted octanol–water partition coefficient (Wildman–Crippen LogP) is 2.42. The summed E-state index contributed by atoms with van der Waals surface area (Å²) in [5.41, 5.74) is 1.53. The SMILES string of the molecule is CC1COCCN1c1cc(-c2ccccn2)nc(Cl)n1. The summed E-state index contributed by atoms with van der Waals surface area (Å²) in [5, 5.41) is 0.238. The van der Waals surface area contributed by atoms with Crippen molar-refractivity contribution >= 4 is 17.4 Å². The Hall–Kier alpha value is -1.72. The molecule has 0 bridgehead atoms. The first-order valence-corrected chi connectivity index (χ1v) is 6.92. The lowest BCUT2D eigenvalue weighted by Crippen LogP contribution is -2.44. The highest BCUT2D eigenvalue weighted by molar-refractivity contribution is 6.28. The number of halogens is 1. The van der Waals surface area contributed by atoms with E-state index in [4.69, 9.17) is 16.3 Å². The summed E-state index contributed by atoms with van der Waals surface area (Å²) >= 11 is 6.06. The van der Waals surface area contributed by atoms with E-state index in [0.29, 0.717) is 13.2 Å². The van der Waals surface area contributed by atoms with Crippen molar-refractivity contribution < 1.29 is 4.74 Å². The normalized spacial score (nSPS) is 19.1. The second-order valence-electron chi connectivity index (χ2n) is 4.71. The Kier molecular flexibility index (Phi) is 3.80. The molecule has 0 amide bonds. The molecule has 0 spiro atoms. The van der Waals surface area contributed by atoms with Gasteiger partial charge in [-0.05, 0) is 30.7 Å². The van der Waals surface area contributed by atoms with Crippen LogP contribution in [0.4, 0.5) is 5.82 Å². The molecule has 104 valence electrons. The maximum absolute atomic E-state index is 6.06. The lowest BCUT2D eigenvalue weighted by Gasteiger charge is -2.34. The highest BCUT2D eigenvalue weighted by Gasteiger charge is 2.21. The van der Waals surface area contributed by atoms with Crippen molar-refractivity contribution in [2.45, 2.75) is 13.0 Å². The third kappa shape index (κ3) is 2.73. The predicted molar refractivity (Wildman–Crippen MR) is 77.9 cm³/mol. The third-order valence-electron chi connectivity index (χ3n) is 3.27. The van der Waals surface area contributed by atoms with E-state index in [1.165, 1.54) is 0 Å². The average molecular weight is 291 g/mol. The number of anilines is 1. The van der Waals surface area contributed by atoms with Gasteiger partial charge in [0, 0.05) is 18.8 Å². The third-order valence-corrected chi connectivity index (χ3v) is 3.44. The molecule has 1 unspecified atom stereocenters. The molecular formula is C14H15ClN4O. The Balaban J connectivity index is 1.98. The van der Waals surface area contributed by atoms with Crippen molar-refractivity contribution in [3.8, 4) is 11.4 Å². The van der Waals surface area contributed by atoms with Gasteiger partial charge < -0.3 is 9.64 Å². The number of nitrogens with zero attached hydrogens (tertiary/aromatic N) is 4. The van der Waals surface area contributed by atoms with Gasteiger partial charge in [0.1, 0.15) is 5.82 Å². The summed E-state index contributed by atoms with van der Waals surface area (Å²) in [4.78, 5) is 15.1. The molecule has 0 N–H and O–H groups in total. The first kappa shape index (κ1) is 13.3. The number of rotatable bonds is 2. The van der Waals surface area contributed by atoms with Crippen molar-refractivity contribution in [2.75, 3.05) is 24.7 Å². The van der Waals surface area contributed by atoms with E-state index >= 15 is 0 Å². The summed E-state index contributed by atoms with van der Waals surface area (Å²) in [6.45, 7) is 4.30. The maximum Gasteiger partial charge on any atom is 0.224 e. The van der Waals surface area contributed by atoms with Crippen LogP contribution < -0.4 is 4.90 Å². The molecule has 1 atom stereocenters. The minimum absolute atomic E-state index is 0.238.